The third kappa shape index (κ3) is 6.56. The molecule has 0 aliphatic heterocycles. The van der Waals surface area contributed by atoms with E-state index in [1.807, 2.05) is 11.4 Å². The fourth-order valence-corrected chi connectivity index (χ4v) is 2.16. The first-order valence-electron chi connectivity index (χ1n) is 8.55. The molecule has 0 radical (unpaired) electrons. The zero-order valence-corrected chi connectivity index (χ0v) is 15.3. The van der Waals surface area contributed by atoms with Crippen LogP contribution in [-0.2, 0) is 14.3 Å². The van der Waals surface area contributed by atoms with Gasteiger partial charge in [-0.2, -0.15) is 0 Å². The number of nitrogens with one attached hydrogen (secondary N) is 2. The van der Waals surface area contributed by atoms with E-state index >= 15 is 0 Å². The number of hydrogen-bond acceptors (Lipinski definition) is 6. The van der Waals surface area contributed by atoms with Crippen LogP contribution in [0.2, 0.25) is 0 Å². The summed E-state index contributed by atoms with van der Waals surface area (Å²) in [6.45, 7) is 1.05. The Bertz CT molecular complexity index is 834. The van der Waals surface area contributed by atoms with Gasteiger partial charge in [0.25, 0.3) is 5.91 Å². The van der Waals surface area contributed by atoms with Crippen molar-refractivity contribution in [1.82, 2.24) is 10.6 Å². The second-order valence-electron chi connectivity index (χ2n) is 5.58. The summed E-state index contributed by atoms with van der Waals surface area (Å²) in [5.41, 5.74) is 1.06. The molecular weight excluding hydrogens is 364 g/mol. The van der Waals surface area contributed by atoms with Crippen LogP contribution in [-0.4, -0.2) is 43.4 Å². The van der Waals surface area contributed by atoms with Crippen molar-refractivity contribution in [3.8, 4) is 5.75 Å². The Morgan fingerprint density at radius 3 is 2.14 bits per heavy atom. The largest absolute Gasteiger partial charge is 0.482 e. The summed E-state index contributed by atoms with van der Waals surface area (Å²) in [6, 6.07) is 14.5. The molecule has 0 aliphatic rings. The molecule has 2 aromatic rings. The maximum Gasteiger partial charge on any atom is 0.344 e. The highest BCUT2D eigenvalue weighted by molar-refractivity contribution is 6.09. The van der Waals surface area contributed by atoms with Gasteiger partial charge in [0.15, 0.2) is 19.0 Å². The molecule has 28 heavy (non-hydrogen) atoms. The van der Waals surface area contributed by atoms with Gasteiger partial charge in [0.05, 0.1) is 0 Å². The smallest absolute Gasteiger partial charge is 0.344 e. The summed E-state index contributed by atoms with van der Waals surface area (Å²) in [5, 5.41) is 4.37. The molecule has 2 aromatic carbocycles. The van der Waals surface area contributed by atoms with Gasteiger partial charge in [-0.25, -0.2) is 9.59 Å². The number of carbonyl (C=O) groups excluding carboxylic acids is 4. The van der Waals surface area contributed by atoms with Crippen molar-refractivity contribution >= 4 is 23.7 Å². The highest BCUT2D eigenvalue weighted by Crippen LogP contribution is 2.15. The van der Waals surface area contributed by atoms with Gasteiger partial charge in [-0.05, 0) is 31.2 Å². The van der Waals surface area contributed by atoms with Crippen molar-refractivity contribution in [3.63, 3.8) is 0 Å². The SMILES string of the molecule is CCNC(=O)NC(=O)COC(=O)COc1ccc(C(=O)c2ccccc2)cc1. The van der Waals surface area contributed by atoms with Gasteiger partial charge in [0.2, 0.25) is 0 Å². The number of urea groups is 1. The monoisotopic (exact) mass is 384 g/mol. The van der Waals surface area contributed by atoms with Gasteiger partial charge in [0.1, 0.15) is 5.75 Å². The van der Waals surface area contributed by atoms with Crippen LogP contribution in [0.3, 0.4) is 0 Å². The quantitative estimate of drug-likeness (QED) is 0.529. The number of hydrogen-bond donors (Lipinski definition) is 2. The van der Waals surface area contributed by atoms with E-state index in [0.717, 1.165) is 0 Å². The first kappa shape index (κ1) is 20.6. The molecule has 0 aromatic heterocycles. The van der Waals surface area contributed by atoms with Crippen LogP contribution in [0.1, 0.15) is 22.8 Å². The summed E-state index contributed by atoms with van der Waals surface area (Å²) < 4.78 is 9.98. The zero-order valence-electron chi connectivity index (χ0n) is 15.3. The van der Waals surface area contributed by atoms with Crippen LogP contribution < -0.4 is 15.4 Å². The van der Waals surface area contributed by atoms with E-state index in [1.54, 1.807) is 55.5 Å². The average Bonchev–Trinajstić information content (AvgIpc) is 2.71. The van der Waals surface area contributed by atoms with Gasteiger partial charge in [-0.1, -0.05) is 30.3 Å². The van der Waals surface area contributed by atoms with Crippen molar-refractivity contribution < 1.29 is 28.7 Å². The Balaban J connectivity index is 1.77. The third-order valence-corrected chi connectivity index (χ3v) is 3.46. The molecule has 0 saturated carbocycles. The Morgan fingerprint density at radius 1 is 0.857 bits per heavy atom. The van der Waals surface area contributed by atoms with Gasteiger partial charge in [0, 0.05) is 17.7 Å². The molecule has 0 fully saturated rings. The standard InChI is InChI=1S/C20H20N2O6/c1-2-21-20(26)22-17(23)12-28-18(24)13-27-16-10-8-15(9-11-16)19(25)14-6-4-3-5-7-14/h3-11H,2,12-13H2,1H3,(H2,21,22,23,26). The molecule has 8 heteroatoms. The molecular formula is C20H20N2O6. The summed E-state index contributed by atoms with van der Waals surface area (Å²) in [6.07, 6.45) is 0. The number of imide groups is 1. The predicted molar refractivity (Wildman–Crippen MR) is 100.0 cm³/mol. The number of rotatable bonds is 8. The molecule has 146 valence electrons. The topological polar surface area (TPSA) is 111 Å². The average molecular weight is 384 g/mol. The normalized spacial score (nSPS) is 9.89. The molecule has 0 atom stereocenters. The lowest BCUT2D eigenvalue weighted by Crippen LogP contribution is -2.41. The summed E-state index contributed by atoms with van der Waals surface area (Å²) >= 11 is 0. The maximum atomic E-state index is 12.3. The van der Waals surface area contributed by atoms with Gasteiger partial charge in [-0.15, -0.1) is 0 Å². The van der Waals surface area contributed by atoms with E-state index < -0.39 is 31.1 Å². The molecule has 0 spiro atoms. The van der Waals surface area contributed by atoms with E-state index in [-0.39, 0.29) is 5.78 Å². The lowest BCUT2D eigenvalue weighted by atomic mass is 10.0. The lowest BCUT2D eigenvalue weighted by Gasteiger charge is -2.08. The van der Waals surface area contributed by atoms with Crippen LogP contribution in [0.4, 0.5) is 4.79 Å². The first-order valence-corrected chi connectivity index (χ1v) is 8.55. The van der Waals surface area contributed by atoms with Crippen molar-refractivity contribution in [3.05, 3.63) is 65.7 Å². The lowest BCUT2D eigenvalue weighted by molar-refractivity contribution is -0.150. The van der Waals surface area contributed by atoms with Crippen LogP contribution in [0.25, 0.3) is 0 Å². The summed E-state index contributed by atoms with van der Waals surface area (Å²) in [7, 11) is 0. The van der Waals surface area contributed by atoms with Crippen molar-refractivity contribution in [2.24, 2.45) is 0 Å². The minimum Gasteiger partial charge on any atom is -0.482 e. The molecule has 2 rings (SSSR count). The number of esters is 1. The van der Waals surface area contributed by atoms with Crippen LogP contribution in [0.5, 0.6) is 5.75 Å². The Morgan fingerprint density at radius 2 is 1.50 bits per heavy atom. The molecule has 3 amide bonds. The molecule has 0 unspecified atom stereocenters. The molecule has 8 nitrogen and oxygen atoms in total. The van der Waals surface area contributed by atoms with E-state index in [9.17, 15) is 19.2 Å². The van der Waals surface area contributed by atoms with E-state index in [2.05, 4.69) is 5.32 Å². The maximum absolute atomic E-state index is 12.3. The molecule has 0 heterocycles. The first-order chi connectivity index (χ1) is 13.5. The van der Waals surface area contributed by atoms with E-state index in [1.165, 1.54) is 0 Å². The Labute approximate surface area is 161 Å². The molecule has 0 aliphatic carbocycles. The number of carbonyl (C=O) groups is 4. The van der Waals surface area contributed by atoms with Crippen LogP contribution in [0, 0.1) is 0 Å². The number of amides is 3. The minimum absolute atomic E-state index is 0.121. The number of ether oxygens (including phenoxy) is 2. The van der Waals surface area contributed by atoms with Crippen LogP contribution >= 0.6 is 0 Å². The van der Waals surface area contributed by atoms with Gasteiger partial charge in [-0.3, -0.25) is 14.9 Å². The highest BCUT2D eigenvalue weighted by Gasteiger charge is 2.12. The molecule has 2 N–H and O–H groups in total. The highest BCUT2D eigenvalue weighted by atomic mass is 16.6. The van der Waals surface area contributed by atoms with Crippen molar-refractivity contribution in [1.29, 1.82) is 0 Å². The van der Waals surface area contributed by atoms with Gasteiger partial charge >= 0.3 is 12.0 Å². The van der Waals surface area contributed by atoms with Crippen LogP contribution in [0.15, 0.2) is 54.6 Å². The van der Waals surface area contributed by atoms with Crippen molar-refractivity contribution in [2.45, 2.75) is 6.92 Å². The van der Waals surface area contributed by atoms with E-state index in [4.69, 9.17) is 9.47 Å². The van der Waals surface area contributed by atoms with Crippen molar-refractivity contribution in [2.75, 3.05) is 19.8 Å². The molecule has 0 bridgehead atoms. The third-order valence-electron chi connectivity index (χ3n) is 3.46. The summed E-state index contributed by atoms with van der Waals surface area (Å²) in [4.78, 5) is 46.5. The fraction of sp³-hybridized carbons (Fsp3) is 0.200. The number of ketones is 1. The van der Waals surface area contributed by atoms with Gasteiger partial charge < -0.3 is 14.8 Å². The second-order valence-corrected chi connectivity index (χ2v) is 5.58. The molecule has 0 saturated heterocycles. The second kappa shape index (κ2) is 10.5. The number of benzene rings is 2. The summed E-state index contributed by atoms with van der Waals surface area (Å²) in [5.74, 6) is -1.27. The Kier molecular flexibility index (Phi) is 7.71. The zero-order chi connectivity index (χ0) is 20.4. The van der Waals surface area contributed by atoms with E-state index in [0.29, 0.717) is 23.4 Å². The minimum atomic E-state index is -0.768. The Hall–Kier alpha value is -3.68. The fourth-order valence-electron chi connectivity index (χ4n) is 2.16. The predicted octanol–water partition coefficient (Wildman–Crippen LogP) is 1.69.